The average molecular weight is 212 g/mol. The van der Waals surface area contributed by atoms with Gasteiger partial charge in [0.05, 0.1) is 0 Å². The fourth-order valence-electron chi connectivity index (χ4n) is 2.52. The van der Waals surface area contributed by atoms with Crippen molar-refractivity contribution in [3.05, 3.63) is 0 Å². The van der Waals surface area contributed by atoms with Gasteiger partial charge in [0.2, 0.25) is 0 Å². The van der Waals surface area contributed by atoms with Gasteiger partial charge in [0.15, 0.2) is 0 Å². The predicted octanol–water partition coefficient (Wildman–Crippen LogP) is 2.45. The van der Waals surface area contributed by atoms with Crippen molar-refractivity contribution in [2.45, 2.75) is 45.6 Å². The Bertz CT molecular complexity index is 170. The molecule has 1 aliphatic heterocycles. The van der Waals surface area contributed by atoms with Gasteiger partial charge >= 0.3 is 0 Å². The molecule has 1 saturated heterocycles. The minimum absolute atomic E-state index is 0.835. The van der Waals surface area contributed by atoms with E-state index in [9.17, 15) is 0 Å². The fraction of sp³-hybridized carbons (Fsp3) is 1.00. The molecule has 0 saturated carbocycles. The van der Waals surface area contributed by atoms with Crippen molar-refractivity contribution in [2.75, 3.05) is 33.7 Å². The van der Waals surface area contributed by atoms with Crippen LogP contribution in [-0.4, -0.2) is 49.6 Å². The van der Waals surface area contributed by atoms with Crippen molar-refractivity contribution in [2.24, 2.45) is 5.92 Å². The summed E-state index contributed by atoms with van der Waals surface area (Å²) in [6, 6.07) is 0.835. The molecule has 0 aliphatic carbocycles. The minimum Gasteiger partial charge on any atom is -0.307 e. The van der Waals surface area contributed by atoms with Crippen LogP contribution in [0.1, 0.15) is 39.5 Å². The van der Waals surface area contributed by atoms with E-state index in [0.717, 1.165) is 12.0 Å². The van der Waals surface area contributed by atoms with E-state index in [1.165, 1.54) is 45.3 Å². The van der Waals surface area contributed by atoms with Gasteiger partial charge in [0.1, 0.15) is 0 Å². The molecule has 2 nitrogen and oxygen atoms in total. The van der Waals surface area contributed by atoms with Crippen molar-refractivity contribution in [1.82, 2.24) is 9.80 Å². The maximum Gasteiger partial charge on any atom is 0.0105 e. The normalized spacial score (nSPS) is 28.6. The van der Waals surface area contributed by atoms with E-state index in [-0.39, 0.29) is 0 Å². The Morgan fingerprint density at radius 3 is 2.53 bits per heavy atom. The van der Waals surface area contributed by atoms with Crippen LogP contribution in [0.25, 0.3) is 0 Å². The average Bonchev–Trinajstić information content (AvgIpc) is 2.26. The Kier molecular flexibility index (Phi) is 5.62. The lowest BCUT2D eigenvalue weighted by atomic mass is 9.90. The van der Waals surface area contributed by atoms with Crippen LogP contribution in [0.3, 0.4) is 0 Å². The molecule has 90 valence electrons. The molecule has 0 amide bonds. The molecule has 0 spiro atoms. The molecule has 0 aromatic carbocycles. The first-order valence-corrected chi connectivity index (χ1v) is 6.56. The zero-order chi connectivity index (χ0) is 11.3. The van der Waals surface area contributed by atoms with Crippen LogP contribution >= 0.6 is 0 Å². The molecular weight excluding hydrogens is 184 g/mol. The third-order valence-corrected chi connectivity index (χ3v) is 4.04. The molecule has 2 atom stereocenters. The maximum absolute atomic E-state index is 2.58. The Hall–Kier alpha value is -0.0800. The molecule has 1 heterocycles. The number of rotatable bonds is 5. The maximum atomic E-state index is 2.58. The summed E-state index contributed by atoms with van der Waals surface area (Å²) in [5.41, 5.74) is 0. The zero-order valence-electron chi connectivity index (χ0n) is 11.0. The summed E-state index contributed by atoms with van der Waals surface area (Å²) in [4.78, 5) is 5.00. The van der Waals surface area contributed by atoms with Gasteiger partial charge < -0.3 is 9.80 Å². The second kappa shape index (κ2) is 6.49. The van der Waals surface area contributed by atoms with Crippen LogP contribution in [0.4, 0.5) is 0 Å². The van der Waals surface area contributed by atoms with E-state index >= 15 is 0 Å². The summed E-state index contributed by atoms with van der Waals surface area (Å²) in [5.74, 6) is 0.954. The van der Waals surface area contributed by atoms with Crippen LogP contribution in [0, 0.1) is 5.92 Å². The number of hydrogen-bond acceptors (Lipinski definition) is 2. The van der Waals surface area contributed by atoms with Crippen LogP contribution in [0.5, 0.6) is 0 Å². The Balaban J connectivity index is 2.25. The molecule has 1 fully saturated rings. The summed E-state index contributed by atoms with van der Waals surface area (Å²) in [7, 11) is 4.52. The van der Waals surface area contributed by atoms with E-state index in [0.29, 0.717) is 0 Å². The molecule has 0 bridgehead atoms. The smallest absolute Gasteiger partial charge is 0.0105 e. The Morgan fingerprint density at radius 1 is 1.27 bits per heavy atom. The van der Waals surface area contributed by atoms with Crippen LogP contribution in [-0.2, 0) is 0 Å². The van der Waals surface area contributed by atoms with Crippen LogP contribution in [0.2, 0.25) is 0 Å². The SMILES string of the molecule is CC[C@H]1CC[C@@H](CCN(C)CC)N(C)C1. The largest absolute Gasteiger partial charge is 0.307 e. The minimum atomic E-state index is 0.835. The summed E-state index contributed by atoms with van der Waals surface area (Å²) in [5, 5.41) is 0. The standard InChI is InChI=1S/C13H28N2/c1-5-12-7-8-13(15(4)11-12)9-10-14(3)6-2/h12-13H,5-11H2,1-4H3/t12-,13-/m0/s1. The first-order chi connectivity index (χ1) is 7.17. The summed E-state index contributed by atoms with van der Waals surface area (Å²) < 4.78 is 0. The molecule has 2 heteroatoms. The van der Waals surface area contributed by atoms with Gasteiger partial charge in [-0.2, -0.15) is 0 Å². The highest BCUT2D eigenvalue weighted by Gasteiger charge is 2.24. The van der Waals surface area contributed by atoms with Crippen molar-refractivity contribution in [1.29, 1.82) is 0 Å². The number of piperidine rings is 1. The van der Waals surface area contributed by atoms with Gasteiger partial charge in [-0.15, -0.1) is 0 Å². The van der Waals surface area contributed by atoms with Crippen molar-refractivity contribution in [3.63, 3.8) is 0 Å². The zero-order valence-corrected chi connectivity index (χ0v) is 11.0. The highest BCUT2D eigenvalue weighted by atomic mass is 15.1. The van der Waals surface area contributed by atoms with Gasteiger partial charge in [0, 0.05) is 12.6 Å². The first-order valence-electron chi connectivity index (χ1n) is 6.56. The predicted molar refractivity (Wildman–Crippen MR) is 67.2 cm³/mol. The molecule has 15 heavy (non-hydrogen) atoms. The van der Waals surface area contributed by atoms with Crippen LogP contribution in [0.15, 0.2) is 0 Å². The summed E-state index contributed by atoms with van der Waals surface area (Å²) in [6.07, 6.45) is 5.55. The van der Waals surface area contributed by atoms with Gasteiger partial charge in [-0.05, 0) is 52.4 Å². The van der Waals surface area contributed by atoms with Crippen molar-refractivity contribution in [3.8, 4) is 0 Å². The summed E-state index contributed by atoms with van der Waals surface area (Å²) in [6.45, 7) is 8.30. The van der Waals surface area contributed by atoms with E-state index in [1.807, 2.05) is 0 Å². The quantitative estimate of drug-likeness (QED) is 0.691. The van der Waals surface area contributed by atoms with Gasteiger partial charge in [-0.1, -0.05) is 20.3 Å². The van der Waals surface area contributed by atoms with Crippen molar-refractivity contribution >= 4 is 0 Å². The number of likely N-dealkylation sites (tertiary alicyclic amines) is 1. The van der Waals surface area contributed by atoms with Gasteiger partial charge in [-0.25, -0.2) is 0 Å². The third kappa shape index (κ3) is 4.12. The topological polar surface area (TPSA) is 6.48 Å². The highest BCUT2D eigenvalue weighted by Crippen LogP contribution is 2.24. The second-order valence-corrected chi connectivity index (χ2v) is 5.13. The Morgan fingerprint density at radius 2 is 2.00 bits per heavy atom. The van der Waals surface area contributed by atoms with E-state index < -0.39 is 0 Å². The number of hydrogen-bond donors (Lipinski definition) is 0. The first kappa shape index (κ1) is 13.0. The third-order valence-electron chi connectivity index (χ3n) is 4.04. The lowest BCUT2D eigenvalue weighted by Crippen LogP contribution is -2.42. The lowest BCUT2D eigenvalue weighted by molar-refractivity contribution is 0.120. The second-order valence-electron chi connectivity index (χ2n) is 5.13. The fourth-order valence-corrected chi connectivity index (χ4v) is 2.52. The molecule has 0 unspecified atom stereocenters. The molecule has 1 aliphatic rings. The summed E-state index contributed by atoms with van der Waals surface area (Å²) >= 11 is 0. The van der Waals surface area contributed by atoms with E-state index in [2.05, 4.69) is 37.7 Å². The molecule has 0 N–H and O–H groups in total. The molecule has 1 rings (SSSR count). The monoisotopic (exact) mass is 212 g/mol. The number of nitrogens with zero attached hydrogens (tertiary/aromatic N) is 2. The molecule has 0 radical (unpaired) electrons. The molecule has 0 aromatic heterocycles. The van der Waals surface area contributed by atoms with Crippen molar-refractivity contribution < 1.29 is 0 Å². The van der Waals surface area contributed by atoms with E-state index in [4.69, 9.17) is 0 Å². The van der Waals surface area contributed by atoms with Gasteiger partial charge in [-0.3, -0.25) is 0 Å². The van der Waals surface area contributed by atoms with Crippen LogP contribution < -0.4 is 0 Å². The highest BCUT2D eigenvalue weighted by molar-refractivity contribution is 4.79. The molecular formula is C13H28N2. The van der Waals surface area contributed by atoms with E-state index in [1.54, 1.807) is 0 Å². The lowest BCUT2D eigenvalue weighted by Gasteiger charge is -2.37. The molecule has 0 aromatic rings. The Labute approximate surface area is 95.6 Å². The van der Waals surface area contributed by atoms with Gasteiger partial charge in [0.25, 0.3) is 0 Å².